The van der Waals surface area contributed by atoms with Crippen molar-refractivity contribution in [3.8, 4) is 0 Å². The number of nitrogens with one attached hydrogen (secondary N) is 3. The Morgan fingerprint density at radius 2 is 1.88 bits per heavy atom. The second-order valence-electron chi connectivity index (χ2n) is 4.73. The Balaban J connectivity index is 1.59. The Morgan fingerprint density at radius 1 is 1.12 bits per heavy atom. The van der Waals surface area contributed by atoms with Crippen molar-refractivity contribution in [3.63, 3.8) is 0 Å². The Kier molecular flexibility index (Phi) is 4.99. The average molecular weight is 227 g/mol. The summed E-state index contributed by atoms with van der Waals surface area (Å²) >= 11 is 0. The monoisotopic (exact) mass is 227 g/mol. The average Bonchev–Trinajstić information content (AvgIpc) is 2.33. The molecule has 0 aromatic carbocycles. The van der Waals surface area contributed by atoms with Crippen LogP contribution in [0.25, 0.3) is 0 Å². The molecule has 1 atom stereocenters. The molecule has 2 heterocycles. The summed E-state index contributed by atoms with van der Waals surface area (Å²) in [6, 6.07) is 0.679. The maximum absolute atomic E-state index is 3.52. The SMILES string of the molecule is CC1CNCCN1CCNN1CCNCC1. The number of hydrogen-bond acceptors (Lipinski definition) is 5. The van der Waals surface area contributed by atoms with E-state index < -0.39 is 0 Å². The van der Waals surface area contributed by atoms with Crippen molar-refractivity contribution in [3.05, 3.63) is 0 Å². The normalized spacial score (nSPS) is 29.4. The molecule has 0 aliphatic carbocycles. The highest BCUT2D eigenvalue weighted by Crippen LogP contribution is 2.00. The molecular weight excluding hydrogens is 202 g/mol. The first kappa shape index (κ1) is 12.3. The largest absolute Gasteiger partial charge is 0.314 e. The molecule has 94 valence electrons. The van der Waals surface area contributed by atoms with Crippen LogP contribution in [0.2, 0.25) is 0 Å². The van der Waals surface area contributed by atoms with Gasteiger partial charge < -0.3 is 10.6 Å². The Bertz CT molecular complexity index is 193. The van der Waals surface area contributed by atoms with Gasteiger partial charge >= 0.3 is 0 Å². The molecule has 0 amide bonds. The molecule has 2 rings (SSSR count). The minimum Gasteiger partial charge on any atom is -0.314 e. The molecule has 2 aliphatic rings. The zero-order valence-electron chi connectivity index (χ0n) is 10.3. The highest BCUT2D eigenvalue weighted by molar-refractivity contribution is 4.76. The molecule has 0 radical (unpaired) electrons. The standard InChI is InChI=1S/C11H25N5/c1-11-10-13-2-6-15(11)7-5-14-16-8-3-12-4-9-16/h11-14H,2-10H2,1H3. The van der Waals surface area contributed by atoms with E-state index in [0.717, 1.165) is 52.4 Å². The van der Waals surface area contributed by atoms with Crippen LogP contribution in [0.3, 0.4) is 0 Å². The van der Waals surface area contributed by atoms with E-state index >= 15 is 0 Å². The van der Waals surface area contributed by atoms with E-state index in [9.17, 15) is 0 Å². The van der Waals surface area contributed by atoms with Crippen molar-refractivity contribution in [1.29, 1.82) is 0 Å². The van der Waals surface area contributed by atoms with E-state index in [-0.39, 0.29) is 0 Å². The van der Waals surface area contributed by atoms with Crippen molar-refractivity contribution in [2.45, 2.75) is 13.0 Å². The molecule has 5 nitrogen and oxygen atoms in total. The Morgan fingerprint density at radius 3 is 2.62 bits per heavy atom. The molecule has 1 unspecified atom stereocenters. The summed E-state index contributed by atoms with van der Waals surface area (Å²) in [4.78, 5) is 2.56. The van der Waals surface area contributed by atoms with Crippen LogP contribution in [0.15, 0.2) is 0 Å². The van der Waals surface area contributed by atoms with Crippen LogP contribution in [0.1, 0.15) is 6.92 Å². The van der Waals surface area contributed by atoms with Gasteiger partial charge in [0.05, 0.1) is 0 Å². The minimum atomic E-state index is 0.679. The van der Waals surface area contributed by atoms with Gasteiger partial charge in [-0.3, -0.25) is 10.3 Å². The summed E-state index contributed by atoms with van der Waals surface area (Å²) in [6.45, 7) is 12.5. The van der Waals surface area contributed by atoms with Crippen LogP contribution in [0, 0.1) is 0 Å². The minimum absolute atomic E-state index is 0.679. The van der Waals surface area contributed by atoms with Crippen LogP contribution in [0.4, 0.5) is 0 Å². The number of hydrogen-bond donors (Lipinski definition) is 3. The number of piperazine rings is 2. The molecule has 0 aromatic heterocycles. The van der Waals surface area contributed by atoms with Gasteiger partial charge in [-0.15, -0.1) is 0 Å². The zero-order valence-corrected chi connectivity index (χ0v) is 10.3. The molecule has 2 fully saturated rings. The first-order valence-corrected chi connectivity index (χ1v) is 6.50. The van der Waals surface area contributed by atoms with Gasteiger partial charge in [0.25, 0.3) is 0 Å². The van der Waals surface area contributed by atoms with E-state index in [1.807, 2.05) is 0 Å². The van der Waals surface area contributed by atoms with Crippen LogP contribution in [0.5, 0.6) is 0 Å². The Hall–Kier alpha value is -0.200. The maximum atomic E-state index is 3.52. The third kappa shape index (κ3) is 3.68. The van der Waals surface area contributed by atoms with E-state index in [0.29, 0.717) is 6.04 Å². The van der Waals surface area contributed by atoms with E-state index in [4.69, 9.17) is 0 Å². The van der Waals surface area contributed by atoms with Gasteiger partial charge in [-0.05, 0) is 6.92 Å². The van der Waals surface area contributed by atoms with Gasteiger partial charge in [-0.1, -0.05) is 0 Å². The van der Waals surface area contributed by atoms with Crippen molar-refractivity contribution < 1.29 is 0 Å². The predicted molar refractivity (Wildman–Crippen MR) is 66.4 cm³/mol. The lowest BCUT2D eigenvalue weighted by atomic mass is 10.2. The fourth-order valence-electron chi connectivity index (χ4n) is 2.39. The molecule has 3 N–H and O–H groups in total. The first-order valence-electron chi connectivity index (χ1n) is 6.50. The molecule has 16 heavy (non-hydrogen) atoms. The van der Waals surface area contributed by atoms with Crippen molar-refractivity contribution in [1.82, 2.24) is 26.0 Å². The molecule has 2 saturated heterocycles. The topological polar surface area (TPSA) is 42.6 Å². The summed E-state index contributed by atoms with van der Waals surface area (Å²) in [5.41, 5.74) is 3.52. The third-order valence-corrected chi connectivity index (χ3v) is 3.49. The number of nitrogens with zero attached hydrogens (tertiary/aromatic N) is 2. The quantitative estimate of drug-likeness (QED) is 0.556. The molecule has 5 heteroatoms. The van der Waals surface area contributed by atoms with Gasteiger partial charge in [-0.2, -0.15) is 0 Å². The van der Waals surface area contributed by atoms with Gasteiger partial charge in [0.1, 0.15) is 0 Å². The van der Waals surface area contributed by atoms with Crippen LogP contribution in [-0.4, -0.2) is 74.9 Å². The summed E-state index contributed by atoms with van der Waals surface area (Å²) < 4.78 is 0. The van der Waals surface area contributed by atoms with Crippen LogP contribution < -0.4 is 16.1 Å². The fourth-order valence-corrected chi connectivity index (χ4v) is 2.39. The van der Waals surface area contributed by atoms with Gasteiger partial charge in [0.15, 0.2) is 0 Å². The van der Waals surface area contributed by atoms with Gasteiger partial charge in [0.2, 0.25) is 0 Å². The van der Waals surface area contributed by atoms with Crippen molar-refractivity contribution >= 4 is 0 Å². The molecule has 0 spiro atoms. The Labute approximate surface area is 98.5 Å². The van der Waals surface area contributed by atoms with Crippen LogP contribution >= 0.6 is 0 Å². The van der Waals surface area contributed by atoms with Crippen molar-refractivity contribution in [2.24, 2.45) is 0 Å². The van der Waals surface area contributed by atoms with Crippen molar-refractivity contribution in [2.75, 3.05) is 58.9 Å². The lowest BCUT2D eigenvalue weighted by Gasteiger charge is -2.35. The number of hydrazine groups is 1. The zero-order chi connectivity index (χ0) is 11.2. The summed E-state index contributed by atoms with van der Waals surface area (Å²) in [5, 5.41) is 9.12. The second kappa shape index (κ2) is 6.51. The number of rotatable bonds is 4. The molecule has 2 aliphatic heterocycles. The second-order valence-corrected chi connectivity index (χ2v) is 4.73. The lowest BCUT2D eigenvalue weighted by Crippen LogP contribution is -2.54. The lowest BCUT2D eigenvalue weighted by molar-refractivity contribution is 0.129. The van der Waals surface area contributed by atoms with E-state index in [2.05, 4.69) is 32.9 Å². The molecule has 0 saturated carbocycles. The highest BCUT2D eigenvalue weighted by atomic mass is 15.5. The molecular formula is C11H25N5. The summed E-state index contributed by atoms with van der Waals surface area (Å²) in [7, 11) is 0. The highest BCUT2D eigenvalue weighted by Gasteiger charge is 2.17. The molecule has 0 aromatic rings. The summed E-state index contributed by atoms with van der Waals surface area (Å²) in [5.74, 6) is 0. The van der Waals surface area contributed by atoms with E-state index in [1.54, 1.807) is 0 Å². The van der Waals surface area contributed by atoms with E-state index in [1.165, 1.54) is 6.54 Å². The predicted octanol–water partition coefficient (Wildman–Crippen LogP) is -1.31. The maximum Gasteiger partial charge on any atom is 0.0256 e. The first-order chi connectivity index (χ1) is 7.86. The molecule has 0 bridgehead atoms. The third-order valence-electron chi connectivity index (χ3n) is 3.49. The smallest absolute Gasteiger partial charge is 0.0256 e. The van der Waals surface area contributed by atoms with Crippen LogP contribution in [-0.2, 0) is 0 Å². The van der Waals surface area contributed by atoms with Gasteiger partial charge in [-0.25, -0.2) is 5.01 Å². The fraction of sp³-hybridized carbons (Fsp3) is 1.00. The van der Waals surface area contributed by atoms with Gasteiger partial charge in [0, 0.05) is 64.9 Å². The summed E-state index contributed by atoms with van der Waals surface area (Å²) in [6.07, 6.45) is 0.